The van der Waals surface area contributed by atoms with Gasteiger partial charge in [0.2, 0.25) is 5.82 Å². The molecule has 0 spiro atoms. The molecule has 0 saturated carbocycles. The highest BCUT2D eigenvalue weighted by Crippen LogP contribution is 2.26. The molecule has 5 nitrogen and oxygen atoms in total. The molecule has 0 aliphatic heterocycles. The van der Waals surface area contributed by atoms with Crippen LogP contribution in [0.15, 0.2) is 18.6 Å². The van der Waals surface area contributed by atoms with Gasteiger partial charge < -0.3 is 5.73 Å². The Morgan fingerprint density at radius 3 is 2.53 bits per heavy atom. The van der Waals surface area contributed by atoms with Crippen molar-refractivity contribution in [2.24, 2.45) is 5.73 Å². The molecule has 0 aliphatic rings. The number of nitrogens with two attached hydrogens (primary N) is 1. The summed E-state index contributed by atoms with van der Waals surface area (Å²) in [5.74, 6) is -1.09. The number of aromatic nitrogens is 4. The summed E-state index contributed by atoms with van der Waals surface area (Å²) in [6, 6.07) is 0. The van der Waals surface area contributed by atoms with Gasteiger partial charge in [0.05, 0.1) is 6.20 Å². The van der Waals surface area contributed by atoms with Crippen molar-refractivity contribution in [2.45, 2.75) is 19.6 Å². The molecule has 2 heterocycles. The smallest absolute Gasteiger partial charge is 0.326 e. The predicted octanol–water partition coefficient (Wildman–Crippen LogP) is 1.87. The van der Waals surface area contributed by atoms with Crippen molar-refractivity contribution in [1.82, 2.24) is 19.7 Å². The molecule has 2 N–H and O–H groups in total. The van der Waals surface area contributed by atoms with Gasteiger partial charge in [-0.05, 0) is 6.92 Å². The van der Waals surface area contributed by atoms with E-state index in [4.69, 9.17) is 5.73 Å². The molecule has 0 fully saturated rings. The van der Waals surface area contributed by atoms with E-state index in [0.717, 1.165) is 6.20 Å². The molecule has 0 aromatic carbocycles. The number of hydrogen-bond donors (Lipinski definition) is 1. The zero-order chi connectivity index (χ0) is 13.3. The van der Waals surface area contributed by atoms with Crippen molar-refractivity contribution in [2.75, 3.05) is 0 Å². The van der Waals surface area contributed by atoms with Gasteiger partial charge in [0.15, 0.2) is 5.82 Å². The second-order valence-electron chi connectivity index (χ2n) is 3.70. The molecule has 2 rings (SSSR count). The van der Waals surface area contributed by atoms with Crippen molar-refractivity contribution < 1.29 is 13.2 Å². The van der Waals surface area contributed by atoms with Crippen LogP contribution in [0, 0.1) is 6.92 Å². The van der Waals surface area contributed by atoms with E-state index >= 15 is 0 Å². The van der Waals surface area contributed by atoms with Crippen LogP contribution in [0.2, 0.25) is 0 Å². The summed E-state index contributed by atoms with van der Waals surface area (Å²) in [6.45, 7) is 1.87. The standard InChI is InChI=1S/C10H10F3N5.ClH/c1-6-3-15-9(10(11,12)13)17-8(6)18-5-7(2-14)4-16-18;/h3-5H,2,14H2,1H3;1H. The maximum absolute atomic E-state index is 12.5. The van der Waals surface area contributed by atoms with E-state index in [2.05, 4.69) is 15.1 Å². The van der Waals surface area contributed by atoms with Gasteiger partial charge in [-0.15, -0.1) is 12.4 Å². The second-order valence-corrected chi connectivity index (χ2v) is 3.70. The van der Waals surface area contributed by atoms with Gasteiger partial charge in [-0.25, -0.2) is 14.6 Å². The summed E-state index contributed by atoms with van der Waals surface area (Å²) in [6.07, 6.45) is -0.439. The van der Waals surface area contributed by atoms with Crippen LogP contribution >= 0.6 is 12.4 Å². The molecular weight excluding hydrogens is 283 g/mol. The lowest BCUT2D eigenvalue weighted by Crippen LogP contribution is -2.14. The molecule has 0 saturated heterocycles. The summed E-state index contributed by atoms with van der Waals surface area (Å²) in [4.78, 5) is 6.75. The highest BCUT2D eigenvalue weighted by molar-refractivity contribution is 5.85. The van der Waals surface area contributed by atoms with Crippen molar-refractivity contribution in [1.29, 1.82) is 0 Å². The number of rotatable bonds is 2. The van der Waals surface area contributed by atoms with Gasteiger partial charge >= 0.3 is 6.18 Å². The molecule has 9 heteroatoms. The van der Waals surface area contributed by atoms with Crippen LogP contribution in [0.25, 0.3) is 5.82 Å². The summed E-state index contributed by atoms with van der Waals surface area (Å²) in [7, 11) is 0. The maximum Gasteiger partial charge on any atom is 0.451 e. The van der Waals surface area contributed by atoms with Crippen LogP contribution in [-0.4, -0.2) is 19.7 Å². The summed E-state index contributed by atoms with van der Waals surface area (Å²) in [5.41, 5.74) is 6.62. The van der Waals surface area contributed by atoms with Gasteiger partial charge in [-0.2, -0.15) is 18.3 Å². The van der Waals surface area contributed by atoms with Gasteiger partial charge in [0, 0.05) is 30.1 Å². The Bertz CT molecular complexity index is 567. The van der Waals surface area contributed by atoms with Gasteiger partial charge in [0.1, 0.15) is 0 Å². The zero-order valence-corrected chi connectivity index (χ0v) is 10.7. The van der Waals surface area contributed by atoms with Crippen molar-refractivity contribution >= 4 is 12.4 Å². The summed E-state index contributed by atoms with van der Waals surface area (Å²) < 4.78 is 38.8. The first-order valence-corrected chi connectivity index (χ1v) is 5.06. The third-order valence-corrected chi connectivity index (χ3v) is 2.29. The largest absolute Gasteiger partial charge is 0.451 e. The van der Waals surface area contributed by atoms with E-state index in [-0.39, 0.29) is 24.8 Å². The van der Waals surface area contributed by atoms with E-state index in [0.29, 0.717) is 11.1 Å². The average molecular weight is 294 g/mol. The average Bonchev–Trinajstić information content (AvgIpc) is 2.76. The molecule has 104 valence electrons. The normalized spacial score (nSPS) is 11.2. The number of aryl methyl sites for hydroxylation is 1. The first kappa shape index (κ1) is 15.4. The minimum absolute atomic E-state index is 0. The summed E-state index contributed by atoms with van der Waals surface area (Å²) in [5, 5.41) is 3.92. The molecule has 0 amide bonds. The molecule has 0 aliphatic carbocycles. The quantitative estimate of drug-likeness (QED) is 0.918. The maximum atomic E-state index is 12.5. The zero-order valence-electron chi connectivity index (χ0n) is 9.85. The Hall–Kier alpha value is -1.67. The van der Waals surface area contributed by atoms with Crippen LogP contribution in [0.1, 0.15) is 17.0 Å². The molecule has 0 bridgehead atoms. The Morgan fingerprint density at radius 2 is 2.00 bits per heavy atom. The first-order valence-electron chi connectivity index (χ1n) is 5.06. The number of hydrogen-bond acceptors (Lipinski definition) is 4. The fourth-order valence-corrected chi connectivity index (χ4v) is 1.38. The molecular formula is C10H11ClF3N5. The minimum Gasteiger partial charge on any atom is -0.326 e. The van der Waals surface area contributed by atoms with E-state index in [1.807, 2.05) is 0 Å². The summed E-state index contributed by atoms with van der Waals surface area (Å²) >= 11 is 0. The van der Waals surface area contributed by atoms with Crippen LogP contribution < -0.4 is 5.73 Å². The number of alkyl halides is 3. The van der Waals surface area contributed by atoms with E-state index in [9.17, 15) is 13.2 Å². The lowest BCUT2D eigenvalue weighted by Gasteiger charge is -2.08. The molecule has 2 aromatic heterocycles. The van der Waals surface area contributed by atoms with Crippen molar-refractivity contribution in [3.8, 4) is 5.82 Å². The third-order valence-electron chi connectivity index (χ3n) is 2.29. The third kappa shape index (κ3) is 3.21. The first-order chi connectivity index (χ1) is 8.41. The fourth-order valence-electron chi connectivity index (χ4n) is 1.38. The lowest BCUT2D eigenvalue weighted by molar-refractivity contribution is -0.145. The van der Waals surface area contributed by atoms with Crippen LogP contribution in [0.3, 0.4) is 0 Å². The van der Waals surface area contributed by atoms with Crippen LogP contribution in [0.4, 0.5) is 13.2 Å². The highest BCUT2D eigenvalue weighted by Gasteiger charge is 2.35. The highest BCUT2D eigenvalue weighted by atomic mass is 35.5. The number of halogens is 4. The monoisotopic (exact) mass is 293 g/mol. The minimum atomic E-state index is -4.58. The molecule has 0 unspecified atom stereocenters. The fraction of sp³-hybridized carbons (Fsp3) is 0.300. The Kier molecular flexibility index (Phi) is 4.48. The topological polar surface area (TPSA) is 69.6 Å². The van der Waals surface area contributed by atoms with E-state index in [1.54, 1.807) is 6.92 Å². The molecule has 2 aromatic rings. The van der Waals surface area contributed by atoms with E-state index in [1.165, 1.54) is 17.1 Å². The van der Waals surface area contributed by atoms with Crippen LogP contribution in [0.5, 0.6) is 0 Å². The van der Waals surface area contributed by atoms with Gasteiger partial charge in [-0.1, -0.05) is 0 Å². The van der Waals surface area contributed by atoms with E-state index < -0.39 is 12.0 Å². The Balaban J connectivity index is 0.00000180. The van der Waals surface area contributed by atoms with Crippen molar-refractivity contribution in [3.63, 3.8) is 0 Å². The molecule has 19 heavy (non-hydrogen) atoms. The second kappa shape index (κ2) is 5.54. The van der Waals surface area contributed by atoms with Crippen molar-refractivity contribution in [3.05, 3.63) is 35.5 Å². The Morgan fingerprint density at radius 1 is 1.32 bits per heavy atom. The molecule has 0 atom stereocenters. The van der Waals surface area contributed by atoms with Gasteiger partial charge in [-0.3, -0.25) is 0 Å². The Labute approximate surface area is 113 Å². The predicted molar refractivity (Wildman–Crippen MR) is 64.0 cm³/mol. The SMILES string of the molecule is Cc1cnc(C(F)(F)F)nc1-n1cc(CN)cn1.Cl. The molecule has 0 radical (unpaired) electrons. The van der Waals surface area contributed by atoms with Gasteiger partial charge in [0.25, 0.3) is 0 Å². The lowest BCUT2D eigenvalue weighted by atomic mass is 10.3. The number of nitrogens with zero attached hydrogens (tertiary/aromatic N) is 4. The van der Waals surface area contributed by atoms with Crippen LogP contribution in [-0.2, 0) is 12.7 Å².